The molecule has 3 rings (SSSR count). The highest BCUT2D eigenvalue weighted by Crippen LogP contribution is 2.16. The quantitative estimate of drug-likeness (QED) is 0.834. The molecule has 1 aliphatic rings. The van der Waals surface area contributed by atoms with Crippen LogP contribution in [0.5, 0.6) is 0 Å². The van der Waals surface area contributed by atoms with Crippen molar-refractivity contribution < 1.29 is 0 Å². The van der Waals surface area contributed by atoms with Crippen LogP contribution in [0, 0.1) is 0 Å². The van der Waals surface area contributed by atoms with Gasteiger partial charge in [0.25, 0.3) is 0 Å². The number of anilines is 2. The summed E-state index contributed by atoms with van der Waals surface area (Å²) >= 11 is 3.35. The first-order valence-electron chi connectivity index (χ1n) is 6.19. The smallest absolute Gasteiger partial charge is 0.225 e. The maximum Gasteiger partial charge on any atom is 0.225 e. The predicted octanol–water partition coefficient (Wildman–Crippen LogP) is 1.30. The maximum atomic E-state index is 4.38. The lowest BCUT2D eigenvalue weighted by Gasteiger charge is -2.35. The Morgan fingerprint density at radius 2 is 1.63 bits per heavy atom. The van der Waals surface area contributed by atoms with Crippen molar-refractivity contribution in [1.29, 1.82) is 0 Å². The fourth-order valence-corrected chi connectivity index (χ4v) is 2.44. The van der Waals surface area contributed by atoms with Crippen molar-refractivity contribution >= 4 is 27.8 Å². The largest absolute Gasteiger partial charge is 0.339 e. The SMILES string of the molecule is Cn1ccnc1N1CCN(c2ncc(Br)cn2)CC1. The normalized spacial score (nSPS) is 15.9. The van der Waals surface area contributed by atoms with Crippen molar-refractivity contribution in [3.8, 4) is 0 Å². The third kappa shape index (κ3) is 2.56. The van der Waals surface area contributed by atoms with Gasteiger partial charge in [-0.3, -0.25) is 0 Å². The second-order valence-corrected chi connectivity index (χ2v) is 5.43. The number of imidazole rings is 1. The van der Waals surface area contributed by atoms with E-state index in [1.54, 1.807) is 12.4 Å². The molecule has 0 radical (unpaired) electrons. The van der Waals surface area contributed by atoms with Gasteiger partial charge in [-0.2, -0.15) is 0 Å². The Morgan fingerprint density at radius 1 is 1.00 bits per heavy atom. The maximum absolute atomic E-state index is 4.38. The van der Waals surface area contributed by atoms with Crippen molar-refractivity contribution in [2.75, 3.05) is 36.0 Å². The van der Waals surface area contributed by atoms with Gasteiger partial charge in [0, 0.05) is 58.0 Å². The van der Waals surface area contributed by atoms with Gasteiger partial charge in [0.05, 0.1) is 4.47 Å². The van der Waals surface area contributed by atoms with Crippen molar-refractivity contribution in [3.05, 3.63) is 29.3 Å². The van der Waals surface area contributed by atoms with E-state index in [1.165, 1.54) is 0 Å². The minimum Gasteiger partial charge on any atom is -0.339 e. The molecule has 7 heteroatoms. The predicted molar refractivity (Wildman–Crippen MR) is 77.4 cm³/mol. The van der Waals surface area contributed by atoms with E-state index < -0.39 is 0 Å². The Balaban J connectivity index is 1.66. The summed E-state index contributed by atoms with van der Waals surface area (Å²) in [6, 6.07) is 0. The molecule has 0 aromatic carbocycles. The number of halogens is 1. The van der Waals surface area contributed by atoms with Crippen LogP contribution in [-0.4, -0.2) is 45.7 Å². The molecule has 0 amide bonds. The Bertz CT molecular complexity index is 544. The molecule has 100 valence electrons. The topological polar surface area (TPSA) is 50.1 Å². The van der Waals surface area contributed by atoms with Crippen LogP contribution in [0.3, 0.4) is 0 Å². The summed E-state index contributed by atoms with van der Waals surface area (Å²) in [6.07, 6.45) is 7.38. The molecule has 0 bridgehead atoms. The zero-order valence-electron chi connectivity index (χ0n) is 10.7. The lowest BCUT2D eigenvalue weighted by atomic mass is 10.3. The summed E-state index contributed by atoms with van der Waals surface area (Å²) in [4.78, 5) is 17.5. The first-order valence-corrected chi connectivity index (χ1v) is 6.98. The van der Waals surface area contributed by atoms with Crippen LogP contribution in [0.25, 0.3) is 0 Å². The lowest BCUT2D eigenvalue weighted by molar-refractivity contribution is 0.619. The molecule has 19 heavy (non-hydrogen) atoms. The summed E-state index contributed by atoms with van der Waals surface area (Å²) in [7, 11) is 2.02. The molecule has 0 N–H and O–H groups in total. The second-order valence-electron chi connectivity index (χ2n) is 4.51. The van der Waals surface area contributed by atoms with Crippen LogP contribution in [0.2, 0.25) is 0 Å². The molecule has 6 nitrogen and oxygen atoms in total. The van der Waals surface area contributed by atoms with Crippen molar-refractivity contribution in [2.24, 2.45) is 7.05 Å². The van der Waals surface area contributed by atoms with Gasteiger partial charge in [0.1, 0.15) is 0 Å². The Morgan fingerprint density at radius 3 is 2.21 bits per heavy atom. The van der Waals surface area contributed by atoms with Gasteiger partial charge in [-0.05, 0) is 15.9 Å². The van der Waals surface area contributed by atoms with Gasteiger partial charge in [-0.25, -0.2) is 15.0 Å². The molecule has 0 unspecified atom stereocenters. The van der Waals surface area contributed by atoms with E-state index in [2.05, 4.69) is 40.7 Å². The summed E-state index contributed by atoms with van der Waals surface area (Å²) in [6.45, 7) is 3.69. The third-order valence-corrected chi connectivity index (χ3v) is 3.66. The lowest BCUT2D eigenvalue weighted by Crippen LogP contribution is -2.47. The standard InChI is InChI=1S/C12H15BrN6/c1-17-3-2-14-12(17)19-6-4-18(5-7-19)11-15-8-10(13)9-16-11/h2-3,8-9H,4-7H2,1H3. The summed E-state index contributed by atoms with van der Waals surface area (Å²) in [5, 5.41) is 0. The highest BCUT2D eigenvalue weighted by Gasteiger charge is 2.21. The Kier molecular flexibility index (Phi) is 3.37. The van der Waals surface area contributed by atoms with Gasteiger partial charge in [0.15, 0.2) is 0 Å². The highest BCUT2D eigenvalue weighted by molar-refractivity contribution is 9.10. The fraction of sp³-hybridized carbons (Fsp3) is 0.417. The molecule has 2 aromatic heterocycles. The number of rotatable bonds is 2. The molecule has 0 spiro atoms. The number of hydrogen-bond acceptors (Lipinski definition) is 5. The van der Waals surface area contributed by atoms with Crippen LogP contribution >= 0.6 is 15.9 Å². The van der Waals surface area contributed by atoms with Gasteiger partial charge in [-0.15, -0.1) is 0 Å². The molecule has 0 aliphatic carbocycles. The van der Waals surface area contributed by atoms with Crippen molar-refractivity contribution in [2.45, 2.75) is 0 Å². The summed E-state index contributed by atoms with van der Waals surface area (Å²) in [5.74, 6) is 1.82. The third-order valence-electron chi connectivity index (χ3n) is 3.25. The van der Waals surface area contributed by atoms with Gasteiger partial charge < -0.3 is 14.4 Å². The average Bonchev–Trinajstić information content (AvgIpc) is 2.86. The first-order chi connectivity index (χ1) is 9.24. The van der Waals surface area contributed by atoms with Crippen molar-refractivity contribution in [3.63, 3.8) is 0 Å². The molecular formula is C12H15BrN6. The molecule has 2 aromatic rings. The Hall–Kier alpha value is -1.63. The number of hydrogen-bond donors (Lipinski definition) is 0. The van der Waals surface area contributed by atoms with E-state index in [0.29, 0.717) is 0 Å². The van der Waals surface area contributed by atoms with E-state index in [9.17, 15) is 0 Å². The van der Waals surface area contributed by atoms with Gasteiger partial charge in [-0.1, -0.05) is 0 Å². The molecule has 0 saturated carbocycles. The zero-order valence-corrected chi connectivity index (χ0v) is 12.3. The summed E-state index contributed by atoms with van der Waals surface area (Å²) in [5.41, 5.74) is 0. The van der Waals surface area contributed by atoms with Gasteiger partial charge >= 0.3 is 0 Å². The second kappa shape index (κ2) is 5.16. The zero-order chi connectivity index (χ0) is 13.2. The number of aromatic nitrogens is 4. The summed E-state index contributed by atoms with van der Waals surface area (Å²) < 4.78 is 2.95. The molecule has 0 atom stereocenters. The highest BCUT2D eigenvalue weighted by atomic mass is 79.9. The molecule has 3 heterocycles. The average molecular weight is 323 g/mol. The van der Waals surface area contributed by atoms with Crippen LogP contribution in [0.4, 0.5) is 11.9 Å². The Labute approximate surface area is 120 Å². The van der Waals surface area contributed by atoms with E-state index in [4.69, 9.17) is 0 Å². The monoisotopic (exact) mass is 322 g/mol. The molecule has 1 saturated heterocycles. The van der Waals surface area contributed by atoms with Gasteiger partial charge in [0.2, 0.25) is 11.9 Å². The minimum atomic E-state index is 0.794. The minimum absolute atomic E-state index is 0.794. The number of piperazine rings is 1. The van der Waals surface area contributed by atoms with E-state index in [-0.39, 0.29) is 0 Å². The van der Waals surface area contributed by atoms with Crippen molar-refractivity contribution in [1.82, 2.24) is 19.5 Å². The van der Waals surface area contributed by atoms with Crippen LogP contribution in [0.1, 0.15) is 0 Å². The van der Waals surface area contributed by atoms with Crippen LogP contribution in [0.15, 0.2) is 29.3 Å². The first kappa shape index (κ1) is 12.4. The van der Waals surface area contributed by atoms with E-state index in [1.807, 2.05) is 24.0 Å². The number of nitrogens with zero attached hydrogens (tertiary/aromatic N) is 6. The molecular weight excluding hydrogens is 308 g/mol. The van der Waals surface area contributed by atoms with Crippen LogP contribution in [-0.2, 0) is 7.05 Å². The van der Waals surface area contributed by atoms with E-state index >= 15 is 0 Å². The molecule has 1 aliphatic heterocycles. The van der Waals surface area contributed by atoms with Crippen LogP contribution < -0.4 is 9.80 Å². The fourth-order valence-electron chi connectivity index (χ4n) is 2.24. The number of aryl methyl sites for hydroxylation is 1. The molecule has 1 fully saturated rings. The van der Waals surface area contributed by atoms with E-state index in [0.717, 1.165) is 42.5 Å².